The van der Waals surface area contributed by atoms with E-state index in [1.165, 1.54) is 0 Å². The summed E-state index contributed by atoms with van der Waals surface area (Å²) in [5, 5.41) is 15.0. The summed E-state index contributed by atoms with van der Waals surface area (Å²) in [6.07, 6.45) is 1.82. The van der Waals surface area contributed by atoms with E-state index in [-0.39, 0.29) is 26.8 Å². The van der Waals surface area contributed by atoms with Crippen LogP contribution in [0.25, 0.3) is 66.5 Å². The minimum atomic E-state index is 0. The summed E-state index contributed by atoms with van der Waals surface area (Å²) in [7, 11) is 0. The first-order valence-corrected chi connectivity index (χ1v) is 12.8. The summed E-state index contributed by atoms with van der Waals surface area (Å²) in [4.78, 5) is 9.75. The molecule has 194 valence electrons. The van der Waals surface area contributed by atoms with Crippen LogP contribution < -0.4 is 0 Å². The summed E-state index contributed by atoms with van der Waals surface area (Å²) in [5.74, 6) is 1.05. The van der Waals surface area contributed by atoms with Crippen molar-refractivity contribution in [1.29, 1.82) is 0 Å². The van der Waals surface area contributed by atoms with Crippen molar-refractivity contribution in [2.75, 3.05) is 0 Å². The molecule has 4 aromatic heterocycles. The van der Waals surface area contributed by atoms with Gasteiger partial charge in [0, 0.05) is 49.1 Å². The van der Waals surface area contributed by atoms with E-state index in [1.54, 1.807) is 6.07 Å². The number of pyridine rings is 2. The Hall–Kier alpha value is -4.73. The van der Waals surface area contributed by atoms with Crippen LogP contribution in [0.3, 0.4) is 0 Å². The molecule has 0 aliphatic heterocycles. The molecule has 0 aliphatic carbocycles. The Bertz CT molecular complexity index is 2200. The number of para-hydroxylation sites is 3. The van der Waals surface area contributed by atoms with E-state index in [9.17, 15) is 5.11 Å². The Morgan fingerprint density at radius 2 is 1.27 bits per heavy atom. The number of phenols is 1. The molecule has 0 aliphatic rings. The van der Waals surface area contributed by atoms with E-state index in [4.69, 9.17) is 4.98 Å². The van der Waals surface area contributed by atoms with Gasteiger partial charge in [0.15, 0.2) is 0 Å². The van der Waals surface area contributed by atoms with Gasteiger partial charge in [-0.15, -0.1) is 17.5 Å². The number of nitrogens with zero attached hydrogens (tertiary/aromatic N) is 4. The van der Waals surface area contributed by atoms with Crippen LogP contribution in [0.5, 0.6) is 5.75 Å². The van der Waals surface area contributed by atoms with Gasteiger partial charge >= 0.3 is 0 Å². The Morgan fingerprint density at radius 1 is 0.600 bits per heavy atom. The van der Waals surface area contributed by atoms with Crippen LogP contribution in [0.15, 0.2) is 121 Å². The molecule has 0 spiro atoms. The number of rotatable bonds is 3. The second-order valence-electron chi connectivity index (χ2n) is 9.58. The first-order valence-electron chi connectivity index (χ1n) is 12.8. The molecule has 8 aromatic rings. The van der Waals surface area contributed by atoms with E-state index in [2.05, 4.69) is 80.8 Å². The van der Waals surface area contributed by atoms with Crippen molar-refractivity contribution in [3.05, 3.63) is 128 Å². The smallest absolute Gasteiger partial charge is 0.144 e. The molecule has 0 saturated carbocycles. The molecule has 0 amide bonds. The molecule has 8 rings (SSSR count). The number of aromatic hydroxyl groups is 1. The Labute approximate surface area is 244 Å². The van der Waals surface area contributed by atoms with Crippen molar-refractivity contribution in [2.24, 2.45) is 0 Å². The van der Waals surface area contributed by atoms with Gasteiger partial charge in [-0.1, -0.05) is 65.8 Å². The number of hydrogen-bond donors (Lipinski definition) is 1. The Morgan fingerprint density at radius 3 is 2.05 bits per heavy atom. The van der Waals surface area contributed by atoms with Gasteiger partial charge in [0.2, 0.25) is 0 Å². The topological polar surface area (TPSA) is 55.9 Å². The van der Waals surface area contributed by atoms with E-state index in [1.807, 2.05) is 54.7 Å². The normalized spacial score (nSPS) is 11.4. The molecular formula is C34H21N4OPt-. The predicted molar refractivity (Wildman–Crippen MR) is 157 cm³/mol. The monoisotopic (exact) mass is 696 g/mol. The van der Waals surface area contributed by atoms with Gasteiger partial charge in [-0.2, -0.15) is 6.07 Å². The molecule has 6 heteroatoms. The minimum Gasteiger partial charge on any atom is -0.507 e. The molecule has 1 N–H and O–H groups in total. The first kappa shape index (κ1) is 24.3. The fourth-order valence-corrected chi connectivity index (χ4v) is 5.66. The third-order valence-electron chi connectivity index (χ3n) is 7.39. The standard InChI is InChI=1S/C34H21N4O.Pt/c39-32-14-6-3-11-27(32)28-19-18-26-24-10-2-4-12-29(24)37(34(26)36-28)22-16-17-25-23-9-1-5-13-30(23)38(31(25)21-22)33-15-7-8-20-35-33;/h1-20,39H;/q-1;. The van der Waals surface area contributed by atoms with E-state index < -0.39 is 0 Å². The third kappa shape index (κ3) is 3.59. The van der Waals surface area contributed by atoms with Crippen LogP contribution in [-0.4, -0.2) is 24.2 Å². The molecule has 5 nitrogen and oxygen atoms in total. The van der Waals surface area contributed by atoms with Gasteiger partial charge in [0.05, 0.1) is 11.2 Å². The van der Waals surface area contributed by atoms with E-state index >= 15 is 0 Å². The van der Waals surface area contributed by atoms with Gasteiger partial charge < -0.3 is 14.2 Å². The van der Waals surface area contributed by atoms with Crippen molar-refractivity contribution in [3.63, 3.8) is 0 Å². The minimum absolute atomic E-state index is 0. The maximum Gasteiger partial charge on any atom is 0.144 e. The molecule has 0 radical (unpaired) electrons. The fourth-order valence-electron chi connectivity index (χ4n) is 5.66. The van der Waals surface area contributed by atoms with Crippen molar-refractivity contribution in [2.45, 2.75) is 0 Å². The van der Waals surface area contributed by atoms with Crippen LogP contribution >= 0.6 is 0 Å². The van der Waals surface area contributed by atoms with Gasteiger partial charge in [-0.25, -0.2) is 9.97 Å². The molecule has 4 aromatic carbocycles. The second-order valence-corrected chi connectivity index (χ2v) is 9.58. The second kappa shape index (κ2) is 9.48. The first-order chi connectivity index (χ1) is 19.3. The van der Waals surface area contributed by atoms with Gasteiger partial charge in [-0.05, 0) is 53.9 Å². The number of phenolic OH excluding ortho intramolecular Hbond substituents is 1. The van der Waals surface area contributed by atoms with Crippen molar-refractivity contribution in [3.8, 4) is 28.5 Å². The zero-order valence-electron chi connectivity index (χ0n) is 21.1. The number of fused-ring (bicyclic) bond motifs is 6. The summed E-state index contributed by atoms with van der Waals surface area (Å²) in [6.45, 7) is 0. The number of benzene rings is 4. The Balaban J connectivity index is 0.00000264. The Kier molecular flexibility index (Phi) is 5.76. The van der Waals surface area contributed by atoms with Crippen molar-refractivity contribution >= 4 is 43.7 Å². The molecule has 0 bridgehead atoms. The van der Waals surface area contributed by atoms with Gasteiger partial charge in [0.1, 0.15) is 17.2 Å². The molecule has 0 atom stereocenters. The van der Waals surface area contributed by atoms with Crippen LogP contribution in [0.1, 0.15) is 0 Å². The van der Waals surface area contributed by atoms with Crippen LogP contribution in [0, 0.1) is 6.07 Å². The van der Waals surface area contributed by atoms with Crippen LogP contribution in [0.4, 0.5) is 0 Å². The molecule has 0 saturated heterocycles. The quantitative estimate of drug-likeness (QED) is 0.192. The molecule has 0 fully saturated rings. The summed E-state index contributed by atoms with van der Waals surface area (Å²) in [6, 6.07) is 42.1. The van der Waals surface area contributed by atoms with E-state index in [0.717, 1.165) is 55.2 Å². The molecular weight excluding hydrogens is 675 g/mol. The van der Waals surface area contributed by atoms with Crippen molar-refractivity contribution in [1.82, 2.24) is 19.1 Å². The largest absolute Gasteiger partial charge is 0.507 e. The number of hydrogen-bond acceptors (Lipinski definition) is 3. The van der Waals surface area contributed by atoms with E-state index in [0.29, 0.717) is 11.3 Å². The average Bonchev–Trinajstić information content (AvgIpc) is 3.50. The predicted octanol–water partition coefficient (Wildman–Crippen LogP) is 7.84. The fraction of sp³-hybridized carbons (Fsp3) is 0. The molecule has 0 unspecified atom stereocenters. The molecule has 4 heterocycles. The van der Waals surface area contributed by atoms with Gasteiger partial charge in [-0.3, -0.25) is 0 Å². The SMILES string of the molecule is Oc1ccccc1-c1ccc2c3ccccc3n(-c3[c-]c4c(cc3)c3ccccc3n4-c3ccccn3)c2n1.[Pt]. The average molecular weight is 697 g/mol. The number of aromatic nitrogens is 4. The maximum atomic E-state index is 10.5. The summed E-state index contributed by atoms with van der Waals surface area (Å²) in [5.41, 5.74) is 6.20. The zero-order chi connectivity index (χ0) is 25.9. The van der Waals surface area contributed by atoms with Crippen LogP contribution in [-0.2, 0) is 21.1 Å². The summed E-state index contributed by atoms with van der Waals surface area (Å²) < 4.78 is 4.33. The maximum absolute atomic E-state index is 10.5. The van der Waals surface area contributed by atoms with Crippen LogP contribution in [0.2, 0.25) is 0 Å². The zero-order valence-corrected chi connectivity index (χ0v) is 23.4. The van der Waals surface area contributed by atoms with Crippen molar-refractivity contribution < 1.29 is 26.2 Å². The summed E-state index contributed by atoms with van der Waals surface area (Å²) >= 11 is 0. The molecule has 40 heavy (non-hydrogen) atoms. The van der Waals surface area contributed by atoms with Gasteiger partial charge in [0.25, 0.3) is 0 Å². The third-order valence-corrected chi connectivity index (χ3v) is 7.39.